The molecule has 0 aromatic rings. The van der Waals surface area contributed by atoms with Gasteiger partial charge in [-0.15, -0.1) is 0 Å². The van der Waals surface area contributed by atoms with Crippen molar-refractivity contribution in [1.82, 2.24) is 10.7 Å². The largest absolute Gasteiger partial charge is 0.394 e. The van der Waals surface area contributed by atoms with Gasteiger partial charge < -0.3 is 45.4 Å². The molecule has 8 atom stereocenters. The van der Waals surface area contributed by atoms with Crippen molar-refractivity contribution in [3.8, 4) is 0 Å². The molecule has 1 fully saturated rings. The standard InChI is InChI=1S/C14H27N3O10/c1-5(19)17-9-13(25)12(24)8(3-18)27-14(9)26-4-7(21)11(23)10(22)6(20)2-16-15/h6,8-14,16,18,20,22-25H,2-4,15H2,1H3,(H,17,19)/t6-,8+,9+,10+,11-,12+,13+,14+/m0/s1. The summed E-state index contributed by atoms with van der Waals surface area (Å²) in [5.74, 6) is 3.38. The van der Waals surface area contributed by atoms with E-state index in [1.165, 1.54) is 0 Å². The lowest BCUT2D eigenvalue weighted by Gasteiger charge is -2.42. The Morgan fingerprint density at radius 1 is 1.22 bits per heavy atom. The first kappa shape index (κ1) is 23.8. The minimum Gasteiger partial charge on any atom is -0.394 e. The van der Waals surface area contributed by atoms with Gasteiger partial charge in [-0.1, -0.05) is 0 Å². The molecule has 0 radical (unpaired) electrons. The third-order valence-electron chi connectivity index (χ3n) is 4.02. The van der Waals surface area contributed by atoms with Gasteiger partial charge in [-0.3, -0.25) is 20.9 Å². The molecule has 10 N–H and O–H groups in total. The van der Waals surface area contributed by atoms with Gasteiger partial charge >= 0.3 is 0 Å². The van der Waals surface area contributed by atoms with Crippen LogP contribution in [0.15, 0.2) is 0 Å². The summed E-state index contributed by atoms with van der Waals surface area (Å²) < 4.78 is 10.4. The number of carbonyl (C=O) groups excluding carboxylic acids is 2. The van der Waals surface area contributed by atoms with E-state index in [0.717, 1.165) is 6.92 Å². The maximum atomic E-state index is 12.0. The summed E-state index contributed by atoms with van der Waals surface area (Å²) in [6.45, 7) is -0.626. The van der Waals surface area contributed by atoms with Crippen LogP contribution in [0.5, 0.6) is 0 Å². The van der Waals surface area contributed by atoms with Crippen molar-refractivity contribution in [2.75, 3.05) is 19.8 Å². The van der Waals surface area contributed by atoms with Crippen molar-refractivity contribution in [2.24, 2.45) is 5.84 Å². The summed E-state index contributed by atoms with van der Waals surface area (Å²) in [6, 6.07) is -1.26. The highest BCUT2D eigenvalue weighted by Gasteiger charge is 2.45. The number of ketones is 1. The lowest BCUT2D eigenvalue weighted by molar-refractivity contribution is -0.269. The smallest absolute Gasteiger partial charge is 0.217 e. The molecule has 1 rings (SSSR count). The zero-order valence-corrected chi connectivity index (χ0v) is 14.6. The molecule has 0 bridgehead atoms. The lowest BCUT2D eigenvalue weighted by atomic mass is 9.97. The number of rotatable bonds is 10. The topological polar surface area (TPSA) is 224 Å². The summed E-state index contributed by atoms with van der Waals surface area (Å²) in [5.41, 5.74) is 2.07. The molecule has 0 spiro atoms. The van der Waals surface area contributed by atoms with Crippen LogP contribution in [0.2, 0.25) is 0 Å². The first-order valence-electron chi connectivity index (χ1n) is 8.15. The van der Waals surface area contributed by atoms with Crippen LogP contribution in [0.1, 0.15) is 6.92 Å². The van der Waals surface area contributed by atoms with Gasteiger partial charge in [-0.2, -0.15) is 0 Å². The van der Waals surface area contributed by atoms with Gasteiger partial charge in [0.1, 0.15) is 43.2 Å². The van der Waals surface area contributed by atoms with E-state index in [2.05, 4.69) is 10.7 Å². The molecule has 27 heavy (non-hydrogen) atoms. The van der Waals surface area contributed by atoms with E-state index in [1.54, 1.807) is 0 Å². The average Bonchev–Trinajstić information content (AvgIpc) is 2.63. The second-order valence-corrected chi connectivity index (χ2v) is 6.12. The fourth-order valence-electron chi connectivity index (χ4n) is 2.50. The summed E-state index contributed by atoms with van der Waals surface area (Å²) in [5, 5.41) is 60.4. The van der Waals surface area contributed by atoms with E-state index in [1.807, 2.05) is 0 Å². The molecule has 0 aromatic heterocycles. The van der Waals surface area contributed by atoms with Gasteiger partial charge in [-0.05, 0) is 0 Å². The summed E-state index contributed by atoms with van der Waals surface area (Å²) in [6.07, 6.45) is -11.1. The van der Waals surface area contributed by atoms with E-state index in [0.29, 0.717) is 0 Å². The van der Waals surface area contributed by atoms with Crippen molar-refractivity contribution in [3.05, 3.63) is 0 Å². The van der Waals surface area contributed by atoms with E-state index < -0.39 is 73.9 Å². The van der Waals surface area contributed by atoms with Crippen LogP contribution in [-0.2, 0) is 19.1 Å². The van der Waals surface area contributed by atoms with Gasteiger partial charge in [0.05, 0.1) is 12.7 Å². The number of ether oxygens (including phenoxy) is 2. The molecule has 0 unspecified atom stereocenters. The van der Waals surface area contributed by atoms with Crippen LogP contribution in [0.25, 0.3) is 0 Å². The fraction of sp³-hybridized carbons (Fsp3) is 0.857. The number of hydrogen-bond donors (Lipinski definition) is 9. The van der Waals surface area contributed by atoms with Crippen LogP contribution in [0.3, 0.4) is 0 Å². The number of nitrogens with one attached hydrogen (secondary N) is 2. The van der Waals surface area contributed by atoms with Crippen LogP contribution in [0.4, 0.5) is 0 Å². The van der Waals surface area contributed by atoms with Crippen molar-refractivity contribution in [2.45, 2.75) is 55.9 Å². The normalized spacial score (nSPS) is 31.8. The lowest BCUT2D eigenvalue weighted by Crippen LogP contribution is -2.64. The van der Waals surface area contributed by atoms with Crippen LogP contribution in [0, 0.1) is 0 Å². The predicted molar refractivity (Wildman–Crippen MR) is 86.5 cm³/mol. The third-order valence-corrected chi connectivity index (χ3v) is 4.02. The van der Waals surface area contributed by atoms with Gasteiger partial charge in [-0.25, -0.2) is 0 Å². The van der Waals surface area contributed by atoms with Crippen molar-refractivity contribution >= 4 is 11.7 Å². The predicted octanol–water partition coefficient (Wildman–Crippen LogP) is -5.94. The first-order chi connectivity index (χ1) is 12.6. The molecule has 1 amide bonds. The molecule has 1 heterocycles. The third kappa shape index (κ3) is 6.39. The zero-order valence-electron chi connectivity index (χ0n) is 14.6. The van der Waals surface area contributed by atoms with Crippen molar-refractivity contribution < 1.29 is 49.7 Å². The number of hydrogen-bond acceptors (Lipinski definition) is 12. The Morgan fingerprint density at radius 3 is 2.37 bits per heavy atom. The molecular weight excluding hydrogens is 370 g/mol. The molecule has 1 saturated heterocycles. The van der Waals surface area contributed by atoms with E-state index in [4.69, 9.17) is 15.3 Å². The summed E-state index contributed by atoms with van der Waals surface area (Å²) in [4.78, 5) is 23.2. The monoisotopic (exact) mass is 397 g/mol. The Kier molecular flexibility index (Phi) is 9.61. The highest BCUT2D eigenvalue weighted by atomic mass is 16.7. The number of aliphatic hydroxyl groups excluding tert-OH is 6. The molecule has 1 aliphatic heterocycles. The maximum absolute atomic E-state index is 12.0. The summed E-state index contributed by atoms with van der Waals surface area (Å²) in [7, 11) is 0. The molecule has 0 saturated carbocycles. The molecule has 13 heteroatoms. The van der Waals surface area contributed by atoms with Crippen LogP contribution >= 0.6 is 0 Å². The Balaban J connectivity index is 2.74. The van der Waals surface area contributed by atoms with Crippen molar-refractivity contribution in [1.29, 1.82) is 0 Å². The molecule has 1 aliphatic rings. The number of aliphatic hydroxyl groups is 6. The average molecular weight is 397 g/mol. The Bertz CT molecular complexity index is 496. The molecule has 13 nitrogen and oxygen atoms in total. The fourth-order valence-corrected chi connectivity index (χ4v) is 2.50. The zero-order chi connectivity index (χ0) is 20.7. The second-order valence-electron chi connectivity index (χ2n) is 6.12. The SMILES string of the molecule is CC(=O)N[C@H]1[C@H](OCC(=O)[C@H](O)[C@H](O)[C@@H](O)CNN)O[C@H](CO)[C@@H](O)[C@@H]1O. The minimum absolute atomic E-state index is 0.287. The number of amides is 1. The maximum Gasteiger partial charge on any atom is 0.217 e. The first-order valence-corrected chi connectivity index (χ1v) is 8.15. The molecular formula is C14H27N3O10. The van der Waals surface area contributed by atoms with Gasteiger partial charge in [0.25, 0.3) is 0 Å². The highest BCUT2D eigenvalue weighted by molar-refractivity contribution is 5.84. The number of Topliss-reactive ketones (excluding diaryl/α,β-unsaturated/α-hetero) is 1. The van der Waals surface area contributed by atoms with E-state index >= 15 is 0 Å². The number of nitrogens with two attached hydrogens (primary N) is 1. The van der Waals surface area contributed by atoms with E-state index in [9.17, 15) is 40.2 Å². The highest BCUT2D eigenvalue weighted by Crippen LogP contribution is 2.22. The van der Waals surface area contributed by atoms with Gasteiger partial charge in [0.15, 0.2) is 12.1 Å². The quantitative estimate of drug-likeness (QED) is 0.124. The van der Waals surface area contributed by atoms with Gasteiger partial charge in [0, 0.05) is 13.5 Å². The minimum atomic E-state index is -2.00. The van der Waals surface area contributed by atoms with E-state index in [-0.39, 0.29) is 6.54 Å². The number of carbonyl (C=O) groups is 2. The molecule has 0 aromatic carbocycles. The molecule has 0 aliphatic carbocycles. The Labute approximate surface area is 154 Å². The molecule has 158 valence electrons. The Hall–Kier alpha value is -1.26. The van der Waals surface area contributed by atoms with Crippen molar-refractivity contribution in [3.63, 3.8) is 0 Å². The van der Waals surface area contributed by atoms with Gasteiger partial charge in [0.2, 0.25) is 5.91 Å². The van der Waals surface area contributed by atoms with Crippen LogP contribution in [-0.4, -0.2) is 111 Å². The Morgan fingerprint density at radius 2 is 1.85 bits per heavy atom. The summed E-state index contributed by atoms with van der Waals surface area (Å²) >= 11 is 0. The number of hydrazine groups is 1. The second kappa shape index (κ2) is 10.9. The van der Waals surface area contributed by atoms with Crippen LogP contribution < -0.4 is 16.6 Å².